The lowest BCUT2D eigenvalue weighted by atomic mass is 10.0. The van der Waals surface area contributed by atoms with Crippen molar-refractivity contribution in [1.29, 1.82) is 0 Å². The largest absolute Gasteiger partial charge is 0.491 e. The van der Waals surface area contributed by atoms with Crippen LogP contribution in [0, 0.1) is 5.92 Å². The standard InChI is InChI=1S/C26H34N4O6/c1-17-13-30(25(32)19-7-6-10-27-12-19)18(2)15-36-22-11-20(28-24(31)16-34-4)8-9-21(22)26(33)29(3)14-23(17)35-5/h6-12,17-18,23H,13-16H2,1-5H3,(H,28,31)/t17-,18+,23-/m1/s1. The minimum absolute atomic E-state index is 0.0643. The predicted molar refractivity (Wildman–Crippen MR) is 134 cm³/mol. The molecule has 36 heavy (non-hydrogen) atoms. The SMILES string of the molecule is COCC(=O)Nc1ccc2c(c1)OC[C@H](C)N(C(=O)c1cccnc1)C[C@@H](C)[C@H](OC)CN(C)C2=O. The second-order valence-electron chi connectivity index (χ2n) is 8.99. The van der Waals surface area contributed by atoms with Gasteiger partial charge in [-0.15, -0.1) is 0 Å². The van der Waals surface area contributed by atoms with Gasteiger partial charge in [-0.25, -0.2) is 0 Å². The quantitative estimate of drug-likeness (QED) is 0.674. The summed E-state index contributed by atoms with van der Waals surface area (Å²) in [5.41, 5.74) is 1.30. The van der Waals surface area contributed by atoms with Crippen LogP contribution < -0.4 is 10.1 Å². The zero-order chi connectivity index (χ0) is 26.2. The number of amides is 3. The number of benzene rings is 1. The summed E-state index contributed by atoms with van der Waals surface area (Å²) < 4.78 is 16.7. The van der Waals surface area contributed by atoms with Gasteiger partial charge in [0.25, 0.3) is 11.8 Å². The molecule has 2 heterocycles. The second-order valence-corrected chi connectivity index (χ2v) is 8.99. The smallest absolute Gasteiger partial charge is 0.257 e. The first kappa shape index (κ1) is 27.1. The molecule has 1 N–H and O–H groups in total. The number of ether oxygens (including phenoxy) is 3. The van der Waals surface area contributed by atoms with Crippen LogP contribution in [0.25, 0.3) is 0 Å². The number of carbonyl (C=O) groups is 3. The monoisotopic (exact) mass is 498 g/mol. The summed E-state index contributed by atoms with van der Waals surface area (Å²) >= 11 is 0. The number of nitrogens with zero attached hydrogens (tertiary/aromatic N) is 3. The molecule has 3 amide bonds. The topological polar surface area (TPSA) is 110 Å². The normalized spacial score (nSPS) is 21.0. The van der Waals surface area contributed by atoms with Crippen LogP contribution >= 0.6 is 0 Å². The van der Waals surface area contributed by atoms with E-state index in [4.69, 9.17) is 14.2 Å². The van der Waals surface area contributed by atoms with E-state index in [9.17, 15) is 14.4 Å². The fourth-order valence-corrected chi connectivity index (χ4v) is 4.12. The third kappa shape index (κ3) is 6.58. The maximum absolute atomic E-state index is 13.4. The van der Waals surface area contributed by atoms with Gasteiger partial charge in [0, 0.05) is 64.4 Å². The lowest BCUT2D eigenvalue weighted by Crippen LogP contribution is -2.48. The van der Waals surface area contributed by atoms with Crippen LogP contribution in [0.15, 0.2) is 42.7 Å². The number of rotatable bonds is 5. The highest BCUT2D eigenvalue weighted by Gasteiger charge is 2.31. The van der Waals surface area contributed by atoms with Crippen molar-refractivity contribution >= 4 is 23.4 Å². The van der Waals surface area contributed by atoms with Crippen LogP contribution in [0.1, 0.15) is 34.6 Å². The summed E-state index contributed by atoms with van der Waals surface area (Å²) in [6.45, 7) is 4.66. The highest BCUT2D eigenvalue weighted by atomic mass is 16.5. The van der Waals surface area contributed by atoms with Crippen LogP contribution in [-0.2, 0) is 14.3 Å². The van der Waals surface area contributed by atoms with E-state index in [1.807, 2.05) is 13.8 Å². The molecule has 10 heteroatoms. The van der Waals surface area contributed by atoms with Gasteiger partial charge in [-0.05, 0) is 31.2 Å². The Morgan fingerprint density at radius 3 is 2.64 bits per heavy atom. The molecule has 0 spiro atoms. The average molecular weight is 499 g/mol. The summed E-state index contributed by atoms with van der Waals surface area (Å²) in [5.74, 6) is -0.475. The van der Waals surface area contributed by atoms with Gasteiger partial charge in [-0.2, -0.15) is 0 Å². The van der Waals surface area contributed by atoms with E-state index < -0.39 is 0 Å². The predicted octanol–water partition coefficient (Wildman–Crippen LogP) is 2.31. The number of aromatic nitrogens is 1. The van der Waals surface area contributed by atoms with Gasteiger partial charge in [0.2, 0.25) is 5.91 Å². The molecular weight excluding hydrogens is 464 g/mol. The first-order valence-electron chi connectivity index (χ1n) is 11.8. The number of anilines is 1. The Balaban J connectivity index is 1.97. The van der Waals surface area contributed by atoms with Crippen LogP contribution in [0.5, 0.6) is 5.75 Å². The van der Waals surface area contributed by atoms with E-state index in [0.717, 1.165) is 0 Å². The van der Waals surface area contributed by atoms with Gasteiger partial charge in [-0.1, -0.05) is 6.92 Å². The van der Waals surface area contributed by atoms with Crippen LogP contribution in [0.3, 0.4) is 0 Å². The third-order valence-corrected chi connectivity index (χ3v) is 6.18. The van der Waals surface area contributed by atoms with Crippen molar-refractivity contribution in [2.45, 2.75) is 26.0 Å². The van der Waals surface area contributed by atoms with Crippen LogP contribution in [0.4, 0.5) is 5.69 Å². The van der Waals surface area contributed by atoms with E-state index in [0.29, 0.717) is 35.7 Å². The van der Waals surface area contributed by atoms with E-state index in [-0.39, 0.29) is 49.0 Å². The van der Waals surface area contributed by atoms with E-state index in [1.165, 1.54) is 7.11 Å². The molecule has 0 saturated heterocycles. The molecule has 1 aromatic heterocycles. The summed E-state index contributed by atoms with van der Waals surface area (Å²) in [7, 11) is 4.74. The van der Waals surface area contributed by atoms with Gasteiger partial charge >= 0.3 is 0 Å². The Morgan fingerprint density at radius 1 is 1.19 bits per heavy atom. The Kier molecular flexibility index (Phi) is 9.38. The van der Waals surface area contributed by atoms with Gasteiger partial charge in [-0.3, -0.25) is 19.4 Å². The van der Waals surface area contributed by atoms with Crippen LogP contribution in [-0.4, -0.2) is 92.2 Å². The zero-order valence-electron chi connectivity index (χ0n) is 21.4. The van der Waals surface area contributed by atoms with E-state index >= 15 is 0 Å². The summed E-state index contributed by atoms with van der Waals surface area (Å²) in [5, 5.41) is 2.73. The number of fused-ring (bicyclic) bond motifs is 1. The van der Waals surface area contributed by atoms with Crippen molar-refractivity contribution < 1.29 is 28.6 Å². The lowest BCUT2D eigenvalue weighted by molar-refractivity contribution is -0.119. The molecule has 0 aliphatic carbocycles. The number of nitrogens with one attached hydrogen (secondary N) is 1. The van der Waals surface area contributed by atoms with Crippen molar-refractivity contribution in [3.63, 3.8) is 0 Å². The molecule has 10 nitrogen and oxygen atoms in total. The molecule has 1 aromatic carbocycles. The fraction of sp³-hybridized carbons (Fsp3) is 0.462. The fourth-order valence-electron chi connectivity index (χ4n) is 4.12. The number of likely N-dealkylation sites (N-methyl/N-ethyl adjacent to an activating group) is 1. The summed E-state index contributed by atoms with van der Waals surface area (Å²) in [6, 6.07) is 8.00. The number of carbonyl (C=O) groups excluding carboxylic acids is 3. The number of hydrogen-bond acceptors (Lipinski definition) is 7. The van der Waals surface area contributed by atoms with E-state index in [1.54, 1.807) is 66.7 Å². The van der Waals surface area contributed by atoms with Crippen molar-refractivity contribution in [1.82, 2.24) is 14.8 Å². The Hall–Kier alpha value is -3.50. The molecule has 0 unspecified atom stereocenters. The van der Waals surface area contributed by atoms with Gasteiger partial charge in [0.05, 0.1) is 23.3 Å². The molecule has 1 aliphatic heterocycles. The molecule has 2 aromatic rings. The highest BCUT2D eigenvalue weighted by Crippen LogP contribution is 2.27. The molecular formula is C26H34N4O6. The lowest BCUT2D eigenvalue weighted by Gasteiger charge is -2.36. The second kappa shape index (κ2) is 12.5. The van der Waals surface area contributed by atoms with E-state index in [2.05, 4.69) is 10.3 Å². The van der Waals surface area contributed by atoms with Gasteiger partial charge in [0.1, 0.15) is 19.0 Å². The van der Waals surface area contributed by atoms with Gasteiger partial charge in [0.15, 0.2) is 0 Å². The molecule has 0 saturated carbocycles. The molecule has 0 bridgehead atoms. The Bertz CT molecular complexity index is 1060. The van der Waals surface area contributed by atoms with Crippen molar-refractivity contribution in [2.24, 2.45) is 5.92 Å². The summed E-state index contributed by atoms with van der Waals surface area (Å²) in [6.07, 6.45) is 2.86. The molecule has 0 radical (unpaired) electrons. The highest BCUT2D eigenvalue weighted by molar-refractivity contribution is 5.98. The Morgan fingerprint density at radius 2 is 1.97 bits per heavy atom. The van der Waals surface area contributed by atoms with Crippen LogP contribution in [0.2, 0.25) is 0 Å². The number of methoxy groups -OCH3 is 2. The maximum atomic E-state index is 13.4. The first-order valence-corrected chi connectivity index (χ1v) is 11.8. The molecule has 194 valence electrons. The van der Waals surface area contributed by atoms with Gasteiger partial charge < -0.3 is 29.3 Å². The Labute approximate surface area is 211 Å². The minimum atomic E-state index is -0.329. The van der Waals surface area contributed by atoms with Crippen molar-refractivity contribution in [3.8, 4) is 5.75 Å². The third-order valence-electron chi connectivity index (χ3n) is 6.18. The molecule has 3 rings (SSSR count). The molecule has 0 fully saturated rings. The maximum Gasteiger partial charge on any atom is 0.257 e. The summed E-state index contributed by atoms with van der Waals surface area (Å²) in [4.78, 5) is 46.1. The first-order chi connectivity index (χ1) is 17.2. The average Bonchev–Trinajstić information content (AvgIpc) is 2.88. The van der Waals surface area contributed by atoms with Crippen molar-refractivity contribution in [3.05, 3.63) is 53.9 Å². The number of hydrogen-bond donors (Lipinski definition) is 1. The zero-order valence-corrected chi connectivity index (χ0v) is 21.4. The van der Waals surface area contributed by atoms with Crippen molar-refractivity contribution in [2.75, 3.05) is 52.9 Å². The number of pyridine rings is 1. The molecule has 1 aliphatic rings. The molecule has 3 atom stereocenters. The minimum Gasteiger partial charge on any atom is -0.491 e.